The van der Waals surface area contributed by atoms with Crippen molar-refractivity contribution < 1.29 is 9.13 Å². The molecule has 0 amide bonds. The molecule has 0 saturated carbocycles. The van der Waals surface area contributed by atoms with Gasteiger partial charge in [0.25, 0.3) is 0 Å². The molecule has 0 aliphatic rings. The first-order chi connectivity index (χ1) is 5.77. The molecule has 3 nitrogen and oxygen atoms in total. The van der Waals surface area contributed by atoms with E-state index in [0.29, 0.717) is 24.4 Å². The Morgan fingerprint density at radius 2 is 2.42 bits per heavy atom. The molecule has 0 atom stereocenters. The van der Waals surface area contributed by atoms with E-state index in [4.69, 9.17) is 10.5 Å². The molecule has 0 bridgehead atoms. The van der Waals surface area contributed by atoms with Crippen LogP contribution in [-0.2, 0) is 6.42 Å². The number of methoxy groups -OCH3 is 1. The molecule has 12 heavy (non-hydrogen) atoms. The van der Waals surface area contributed by atoms with Gasteiger partial charge in [0, 0.05) is 6.07 Å². The van der Waals surface area contributed by atoms with Gasteiger partial charge in [-0.15, -0.1) is 0 Å². The van der Waals surface area contributed by atoms with Crippen LogP contribution in [0.4, 0.5) is 4.39 Å². The van der Waals surface area contributed by atoms with Crippen LogP contribution in [0.2, 0.25) is 0 Å². The van der Waals surface area contributed by atoms with Crippen molar-refractivity contribution >= 4 is 0 Å². The van der Waals surface area contributed by atoms with Gasteiger partial charge in [-0.05, 0) is 18.5 Å². The smallest absolute Gasteiger partial charge is 0.213 e. The highest BCUT2D eigenvalue weighted by Crippen LogP contribution is 2.12. The van der Waals surface area contributed by atoms with Crippen molar-refractivity contribution in [3.63, 3.8) is 0 Å². The number of hydrogen-bond acceptors (Lipinski definition) is 3. The maximum Gasteiger partial charge on any atom is 0.213 e. The summed E-state index contributed by atoms with van der Waals surface area (Å²) in [5, 5.41) is 0. The van der Waals surface area contributed by atoms with Crippen molar-refractivity contribution in [1.82, 2.24) is 4.98 Å². The van der Waals surface area contributed by atoms with Crippen LogP contribution in [0, 0.1) is 5.82 Å². The summed E-state index contributed by atoms with van der Waals surface area (Å²) >= 11 is 0. The summed E-state index contributed by atoms with van der Waals surface area (Å²) in [5.41, 5.74) is 5.84. The Hall–Kier alpha value is -1.16. The highest BCUT2D eigenvalue weighted by atomic mass is 19.1. The number of ether oxygens (including phenoxy) is 1. The Morgan fingerprint density at radius 1 is 1.67 bits per heavy atom. The number of nitrogens with two attached hydrogens (primary N) is 1. The second-order valence-corrected chi connectivity index (χ2v) is 2.36. The van der Waals surface area contributed by atoms with E-state index in [9.17, 15) is 4.39 Å². The molecule has 1 heterocycles. The quantitative estimate of drug-likeness (QED) is 0.727. The van der Waals surface area contributed by atoms with E-state index >= 15 is 0 Å². The highest BCUT2D eigenvalue weighted by Gasteiger charge is 2.03. The zero-order valence-corrected chi connectivity index (χ0v) is 6.88. The maximum absolute atomic E-state index is 12.9. The lowest BCUT2D eigenvalue weighted by molar-refractivity contribution is 0.394. The van der Waals surface area contributed by atoms with Gasteiger partial charge in [-0.1, -0.05) is 0 Å². The molecule has 0 saturated heterocycles. The second-order valence-electron chi connectivity index (χ2n) is 2.36. The van der Waals surface area contributed by atoms with Crippen molar-refractivity contribution in [3.8, 4) is 5.88 Å². The van der Waals surface area contributed by atoms with Crippen LogP contribution < -0.4 is 10.5 Å². The van der Waals surface area contributed by atoms with Gasteiger partial charge < -0.3 is 10.5 Å². The molecule has 0 aliphatic carbocycles. The molecule has 0 aromatic carbocycles. The number of hydrogen-bond donors (Lipinski definition) is 1. The number of aromatic nitrogens is 1. The predicted molar refractivity (Wildman–Crippen MR) is 43.5 cm³/mol. The standard InChI is InChI=1S/C8H11FN2O/c1-12-8-4-6(2-3-10)7(9)5-11-8/h4-5H,2-3,10H2,1H3. The molecular weight excluding hydrogens is 159 g/mol. The van der Waals surface area contributed by atoms with E-state index in [2.05, 4.69) is 4.98 Å². The Bertz CT molecular complexity index is 265. The van der Waals surface area contributed by atoms with E-state index in [1.807, 2.05) is 0 Å². The lowest BCUT2D eigenvalue weighted by Gasteiger charge is -2.02. The molecular formula is C8H11FN2O. The molecule has 1 aromatic rings. The normalized spacial score (nSPS) is 9.92. The molecule has 0 spiro atoms. The average Bonchev–Trinajstić information content (AvgIpc) is 2.09. The number of halogens is 1. The largest absolute Gasteiger partial charge is 0.481 e. The fourth-order valence-electron chi connectivity index (χ4n) is 0.917. The predicted octanol–water partition coefficient (Wildman–Crippen LogP) is 0.731. The molecule has 0 aliphatic heterocycles. The van der Waals surface area contributed by atoms with Gasteiger partial charge in [-0.3, -0.25) is 0 Å². The molecule has 0 unspecified atom stereocenters. The third-order valence-corrected chi connectivity index (χ3v) is 1.53. The minimum Gasteiger partial charge on any atom is -0.481 e. The minimum atomic E-state index is -0.332. The van der Waals surface area contributed by atoms with Gasteiger partial charge in [-0.25, -0.2) is 9.37 Å². The monoisotopic (exact) mass is 170 g/mol. The van der Waals surface area contributed by atoms with E-state index in [1.54, 1.807) is 6.07 Å². The van der Waals surface area contributed by atoms with Gasteiger partial charge in [0.2, 0.25) is 5.88 Å². The summed E-state index contributed by atoms with van der Waals surface area (Å²) in [5.74, 6) is 0.0844. The van der Waals surface area contributed by atoms with Gasteiger partial charge in [0.15, 0.2) is 0 Å². The van der Waals surface area contributed by atoms with Crippen LogP contribution in [0.15, 0.2) is 12.3 Å². The summed E-state index contributed by atoms with van der Waals surface area (Å²) in [7, 11) is 1.49. The van der Waals surface area contributed by atoms with Crippen LogP contribution in [-0.4, -0.2) is 18.6 Å². The SMILES string of the molecule is COc1cc(CCN)c(F)cn1. The Morgan fingerprint density at radius 3 is 3.00 bits per heavy atom. The third kappa shape index (κ3) is 1.92. The first-order valence-corrected chi connectivity index (χ1v) is 3.66. The van der Waals surface area contributed by atoms with E-state index in [1.165, 1.54) is 7.11 Å². The van der Waals surface area contributed by atoms with E-state index < -0.39 is 0 Å². The second kappa shape index (κ2) is 4.01. The maximum atomic E-state index is 12.9. The highest BCUT2D eigenvalue weighted by molar-refractivity contribution is 5.22. The van der Waals surface area contributed by atoms with Crippen molar-refractivity contribution in [2.75, 3.05) is 13.7 Å². The molecule has 66 valence electrons. The van der Waals surface area contributed by atoms with Crippen molar-refractivity contribution in [1.29, 1.82) is 0 Å². The van der Waals surface area contributed by atoms with Gasteiger partial charge in [0.1, 0.15) is 5.82 Å². The Labute approximate surface area is 70.4 Å². The number of nitrogens with zero attached hydrogens (tertiary/aromatic N) is 1. The van der Waals surface area contributed by atoms with Crippen LogP contribution >= 0.6 is 0 Å². The average molecular weight is 170 g/mol. The first-order valence-electron chi connectivity index (χ1n) is 3.66. The van der Waals surface area contributed by atoms with Crippen molar-refractivity contribution in [3.05, 3.63) is 23.6 Å². The zero-order valence-electron chi connectivity index (χ0n) is 6.88. The minimum absolute atomic E-state index is 0.332. The topological polar surface area (TPSA) is 48.1 Å². The number of pyridine rings is 1. The van der Waals surface area contributed by atoms with Crippen molar-refractivity contribution in [2.24, 2.45) is 5.73 Å². The molecule has 2 N–H and O–H groups in total. The summed E-state index contributed by atoms with van der Waals surface area (Å²) < 4.78 is 17.8. The van der Waals surface area contributed by atoms with E-state index in [-0.39, 0.29) is 5.82 Å². The summed E-state index contributed by atoms with van der Waals surface area (Å²) in [6.45, 7) is 0.421. The van der Waals surface area contributed by atoms with Crippen LogP contribution in [0.25, 0.3) is 0 Å². The van der Waals surface area contributed by atoms with E-state index in [0.717, 1.165) is 6.20 Å². The summed E-state index contributed by atoms with van der Waals surface area (Å²) in [6, 6.07) is 1.56. The summed E-state index contributed by atoms with van der Waals surface area (Å²) in [4.78, 5) is 3.70. The molecule has 0 fully saturated rings. The zero-order chi connectivity index (χ0) is 8.97. The first kappa shape index (κ1) is 8.93. The van der Waals surface area contributed by atoms with Gasteiger partial charge in [0.05, 0.1) is 13.3 Å². The molecule has 1 rings (SSSR count). The fourth-order valence-corrected chi connectivity index (χ4v) is 0.917. The third-order valence-electron chi connectivity index (χ3n) is 1.53. The van der Waals surface area contributed by atoms with Gasteiger partial charge in [-0.2, -0.15) is 0 Å². The lowest BCUT2D eigenvalue weighted by atomic mass is 10.2. The van der Waals surface area contributed by atoms with Crippen molar-refractivity contribution in [2.45, 2.75) is 6.42 Å². The molecule has 4 heteroatoms. The molecule has 1 aromatic heterocycles. The van der Waals surface area contributed by atoms with Crippen LogP contribution in [0.1, 0.15) is 5.56 Å². The fraction of sp³-hybridized carbons (Fsp3) is 0.375. The number of rotatable bonds is 3. The Kier molecular flexibility index (Phi) is 2.99. The van der Waals surface area contributed by atoms with Crippen LogP contribution in [0.5, 0.6) is 5.88 Å². The lowest BCUT2D eigenvalue weighted by Crippen LogP contribution is -2.05. The Balaban J connectivity index is 2.91. The summed E-state index contributed by atoms with van der Waals surface area (Å²) in [6.07, 6.45) is 1.65. The van der Waals surface area contributed by atoms with Crippen LogP contribution in [0.3, 0.4) is 0 Å². The van der Waals surface area contributed by atoms with Gasteiger partial charge >= 0.3 is 0 Å². The molecule has 0 radical (unpaired) electrons.